The van der Waals surface area contributed by atoms with E-state index >= 15 is 0 Å². The number of alkyl halides is 25. The fourth-order valence-corrected chi connectivity index (χ4v) is 2.04. The van der Waals surface area contributed by atoms with Crippen molar-refractivity contribution in [2.24, 2.45) is 0 Å². The minimum atomic E-state index is -9.33. The monoisotopic (exact) mass is 636 g/mol. The Morgan fingerprint density at radius 2 is 0.541 bits per heavy atom. The summed E-state index contributed by atoms with van der Waals surface area (Å²) in [5.74, 6) is -79.3. The van der Waals surface area contributed by atoms with Gasteiger partial charge in [-0.05, 0) is 11.6 Å². The number of halogens is 25. The average Bonchev–Trinajstić information content (AvgIpc) is 2.64. The predicted octanol–water partition coefficient (Wildman–Crippen LogP) is 8.44. The lowest BCUT2D eigenvalue weighted by atomic mass is 9.86. The summed E-state index contributed by atoms with van der Waals surface area (Å²) in [5, 5.41) is -6.95. The molecule has 0 spiro atoms. The summed E-state index contributed by atoms with van der Waals surface area (Å²) in [6, 6.07) is 0. The second kappa shape index (κ2) is 8.55. The Balaban J connectivity index is 7.07. The molecule has 1 unspecified atom stereocenters. The molecular weight excluding hydrogens is 636 g/mol. The zero-order chi connectivity index (χ0) is 31.1. The molecular formula is C12HClF24. The molecule has 0 bridgehead atoms. The SMILES string of the molecule is FC(C(F)(F)C(F)(F)C(F)(F)Cl)C(F)(F)C(F)(F)C(F)(F)C(F)(F)C(F)(F)C(F)(F)C(F)(F)C(F)(F)F. The maximum Gasteiger partial charge on any atom is 0.460 e. The van der Waals surface area contributed by atoms with Crippen LogP contribution in [0.3, 0.4) is 0 Å². The van der Waals surface area contributed by atoms with Crippen molar-refractivity contribution in [1.29, 1.82) is 0 Å². The van der Waals surface area contributed by atoms with Crippen LogP contribution in [0.5, 0.6) is 0 Å². The molecule has 0 aliphatic carbocycles. The van der Waals surface area contributed by atoms with Crippen LogP contribution >= 0.6 is 11.6 Å². The van der Waals surface area contributed by atoms with Crippen LogP contribution in [0.25, 0.3) is 0 Å². The van der Waals surface area contributed by atoms with Crippen molar-refractivity contribution in [3.63, 3.8) is 0 Å². The second-order valence-electron chi connectivity index (χ2n) is 6.62. The quantitative estimate of drug-likeness (QED) is 0.167. The highest BCUT2D eigenvalue weighted by Crippen LogP contribution is 2.65. The first kappa shape index (κ1) is 35.6. The van der Waals surface area contributed by atoms with Gasteiger partial charge in [0.05, 0.1) is 0 Å². The molecule has 224 valence electrons. The van der Waals surface area contributed by atoms with E-state index in [2.05, 4.69) is 11.6 Å². The van der Waals surface area contributed by atoms with Crippen LogP contribution < -0.4 is 0 Å². The van der Waals surface area contributed by atoms with Crippen LogP contribution in [0.1, 0.15) is 0 Å². The van der Waals surface area contributed by atoms with E-state index in [4.69, 9.17) is 0 Å². The third-order valence-corrected chi connectivity index (χ3v) is 4.39. The minimum absolute atomic E-state index is 3.29. The Kier molecular flexibility index (Phi) is 8.23. The molecule has 25 heteroatoms. The zero-order valence-corrected chi connectivity index (χ0v) is 16.3. The highest BCUT2D eigenvalue weighted by Gasteiger charge is 2.96. The summed E-state index contributed by atoms with van der Waals surface area (Å²) in [6.07, 6.45) is -15.4. The van der Waals surface area contributed by atoms with Gasteiger partial charge < -0.3 is 0 Å². The summed E-state index contributed by atoms with van der Waals surface area (Å²) in [5.41, 5.74) is 0. The highest BCUT2D eigenvalue weighted by molar-refractivity contribution is 6.22. The van der Waals surface area contributed by atoms with E-state index in [0.29, 0.717) is 0 Å². The summed E-state index contributed by atoms with van der Waals surface area (Å²) in [6.45, 7) is 0. The molecule has 1 atom stereocenters. The molecule has 0 nitrogen and oxygen atoms in total. The lowest BCUT2D eigenvalue weighted by molar-refractivity contribution is -0.466. The molecule has 0 saturated heterocycles. The van der Waals surface area contributed by atoms with E-state index < -0.39 is 71.0 Å². The maximum atomic E-state index is 13.4. The molecule has 0 aliphatic heterocycles. The average molecular weight is 637 g/mol. The molecule has 0 fully saturated rings. The van der Waals surface area contributed by atoms with E-state index in [-0.39, 0.29) is 0 Å². The third-order valence-electron chi connectivity index (χ3n) is 4.16. The normalized spacial score (nSPS) is 17.8. The van der Waals surface area contributed by atoms with E-state index in [9.17, 15) is 105 Å². The molecule has 0 N–H and O–H groups in total. The predicted molar refractivity (Wildman–Crippen MR) is 66.3 cm³/mol. The van der Waals surface area contributed by atoms with Gasteiger partial charge in [0.25, 0.3) is 0 Å². The Morgan fingerprint density at radius 3 is 0.784 bits per heavy atom. The molecule has 37 heavy (non-hydrogen) atoms. The van der Waals surface area contributed by atoms with Crippen molar-refractivity contribution in [2.75, 3.05) is 0 Å². The van der Waals surface area contributed by atoms with Crippen molar-refractivity contribution in [1.82, 2.24) is 0 Å². The van der Waals surface area contributed by atoms with Crippen LogP contribution in [-0.2, 0) is 0 Å². The Morgan fingerprint density at radius 1 is 0.324 bits per heavy atom. The Hall–Kier alpha value is -1.39. The van der Waals surface area contributed by atoms with Crippen LogP contribution in [0.4, 0.5) is 105 Å². The molecule has 0 aliphatic rings. The topological polar surface area (TPSA) is 0 Å². The molecule has 0 rings (SSSR count). The molecule has 0 radical (unpaired) electrons. The van der Waals surface area contributed by atoms with Gasteiger partial charge >= 0.3 is 64.9 Å². The van der Waals surface area contributed by atoms with Crippen molar-refractivity contribution < 1.29 is 105 Å². The standard InChI is InChI=1S/C12HClF24/c13-11(33,34)5(21,22)3(17,18)1(14)2(15,16)4(19,20)6(23,24)7(25,26)8(27,28)9(29,30)10(31,32)12(35,36)37/h1H. The maximum absolute atomic E-state index is 13.4. The Bertz CT molecular complexity index is 828. The second-order valence-corrected chi connectivity index (χ2v) is 7.10. The molecule has 0 aromatic carbocycles. The smallest absolute Gasteiger partial charge is 0.234 e. The van der Waals surface area contributed by atoms with Crippen molar-refractivity contribution in [2.45, 2.75) is 71.0 Å². The summed E-state index contributed by atoms with van der Waals surface area (Å²) in [4.78, 5) is 0. The van der Waals surface area contributed by atoms with Crippen molar-refractivity contribution in [3.05, 3.63) is 0 Å². The van der Waals surface area contributed by atoms with Crippen molar-refractivity contribution >= 4 is 11.6 Å². The summed E-state index contributed by atoms with van der Waals surface area (Å²) < 4.78 is 309. The van der Waals surface area contributed by atoms with Crippen LogP contribution in [-0.4, -0.2) is 71.0 Å². The first-order chi connectivity index (χ1) is 15.4. The van der Waals surface area contributed by atoms with E-state index in [1.54, 1.807) is 0 Å². The fourth-order valence-electron chi connectivity index (χ4n) is 1.91. The third kappa shape index (κ3) is 4.39. The van der Waals surface area contributed by atoms with Gasteiger partial charge in [-0.2, -0.15) is 101 Å². The van der Waals surface area contributed by atoms with Gasteiger partial charge in [0, 0.05) is 0 Å². The number of rotatable bonds is 10. The fraction of sp³-hybridized carbons (Fsp3) is 1.00. The van der Waals surface area contributed by atoms with Gasteiger partial charge in [0.1, 0.15) is 0 Å². The number of hydrogen-bond donors (Lipinski definition) is 0. The van der Waals surface area contributed by atoms with E-state index in [1.165, 1.54) is 0 Å². The van der Waals surface area contributed by atoms with Crippen LogP contribution in [0.2, 0.25) is 0 Å². The lowest BCUT2D eigenvalue weighted by Gasteiger charge is -2.44. The van der Waals surface area contributed by atoms with Crippen molar-refractivity contribution in [3.8, 4) is 0 Å². The summed E-state index contributed by atoms with van der Waals surface area (Å²) >= 11 is 3.29. The first-order valence-electron chi connectivity index (χ1n) is 7.58. The first-order valence-corrected chi connectivity index (χ1v) is 7.96. The van der Waals surface area contributed by atoms with Crippen LogP contribution in [0.15, 0.2) is 0 Å². The summed E-state index contributed by atoms with van der Waals surface area (Å²) in [7, 11) is 0. The molecule has 0 saturated carbocycles. The van der Waals surface area contributed by atoms with Gasteiger partial charge in [0.2, 0.25) is 6.17 Å². The molecule has 0 aromatic heterocycles. The Labute approximate surface area is 189 Å². The van der Waals surface area contributed by atoms with Gasteiger partial charge in [-0.15, -0.1) is 0 Å². The van der Waals surface area contributed by atoms with Gasteiger partial charge in [-0.25, -0.2) is 4.39 Å². The highest BCUT2D eigenvalue weighted by atomic mass is 35.5. The molecule has 0 heterocycles. The van der Waals surface area contributed by atoms with E-state index in [0.717, 1.165) is 0 Å². The van der Waals surface area contributed by atoms with Gasteiger partial charge in [0.15, 0.2) is 0 Å². The number of hydrogen-bond acceptors (Lipinski definition) is 0. The molecule has 0 amide bonds. The van der Waals surface area contributed by atoms with Gasteiger partial charge in [-0.3, -0.25) is 0 Å². The molecule has 0 aromatic rings. The minimum Gasteiger partial charge on any atom is -0.234 e. The largest absolute Gasteiger partial charge is 0.460 e. The lowest BCUT2D eigenvalue weighted by Crippen LogP contribution is -2.76. The van der Waals surface area contributed by atoms with Crippen LogP contribution in [0, 0.1) is 0 Å². The van der Waals surface area contributed by atoms with Gasteiger partial charge in [-0.1, -0.05) is 0 Å². The van der Waals surface area contributed by atoms with E-state index in [1.807, 2.05) is 0 Å². The zero-order valence-electron chi connectivity index (χ0n) is 15.5.